The Labute approximate surface area is 168 Å². The number of fused-ring (bicyclic) bond motifs is 1. The molecule has 1 aromatic carbocycles. The predicted molar refractivity (Wildman–Crippen MR) is 107 cm³/mol. The van der Waals surface area contributed by atoms with Gasteiger partial charge in [-0.2, -0.15) is 0 Å². The molecule has 0 radical (unpaired) electrons. The molecule has 4 rings (SSSR count). The van der Waals surface area contributed by atoms with E-state index in [1.807, 2.05) is 34.9 Å². The maximum absolute atomic E-state index is 13.1. The van der Waals surface area contributed by atoms with Crippen LogP contribution in [-0.4, -0.2) is 38.5 Å². The number of hydrogen-bond donors (Lipinski definition) is 1. The molecule has 0 saturated heterocycles. The topological polar surface area (TPSA) is 93.3 Å². The van der Waals surface area contributed by atoms with Gasteiger partial charge in [0.2, 0.25) is 0 Å². The van der Waals surface area contributed by atoms with Gasteiger partial charge in [-0.1, -0.05) is 35.5 Å². The van der Waals surface area contributed by atoms with Gasteiger partial charge in [-0.25, -0.2) is 4.98 Å². The fraction of sp³-hybridized carbons (Fsp3) is 0.333. The van der Waals surface area contributed by atoms with Crippen molar-refractivity contribution in [1.29, 1.82) is 0 Å². The first kappa shape index (κ1) is 18.9. The molecule has 2 aromatic heterocycles. The van der Waals surface area contributed by atoms with Gasteiger partial charge >= 0.3 is 0 Å². The van der Waals surface area contributed by atoms with Crippen LogP contribution in [0.15, 0.2) is 40.9 Å². The van der Waals surface area contributed by atoms with Crippen molar-refractivity contribution < 1.29 is 14.1 Å². The van der Waals surface area contributed by atoms with E-state index in [1.165, 1.54) is 0 Å². The van der Waals surface area contributed by atoms with E-state index in [0.29, 0.717) is 36.9 Å². The lowest BCUT2D eigenvalue weighted by Crippen LogP contribution is -2.30. The molecular weight excluding hydrogens is 370 g/mol. The maximum atomic E-state index is 13.1. The molecule has 29 heavy (non-hydrogen) atoms. The quantitative estimate of drug-likeness (QED) is 0.719. The minimum absolute atomic E-state index is 0.201. The summed E-state index contributed by atoms with van der Waals surface area (Å²) in [5.41, 5.74) is 2.11. The highest BCUT2D eigenvalue weighted by atomic mass is 16.5. The standard InChI is InChI=1S/C21H23N5O3/c1-14-12-17(24-29-14)22-20(27)18-16-10-6-7-11-26(16)19(23-18)21(28)25(2)13-15-8-4-3-5-9-15/h3-5,8-9,12H,6-7,10-11,13H2,1-2H3,(H,22,24,27). The molecule has 3 aromatic rings. The summed E-state index contributed by atoms with van der Waals surface area (Å²) in [5, 5.41) is 6.50. The monoisotopic (exact) mass is 393 g/mol. The van der Waals surface area contributed by atoms with Crippen molar-refractivity contribution in [2.45, 2.75) is 39.3 Å². The van der Waals surface area contributed by atoms with Crippen molar-refractivity contribution in [3.05, 3.63) is 64.9 Å². The molecule has 0 bridgehead atoms. The minimum atomic E-state index is -0.381. The van der Waals surface area contributed by atoms with Gasteiger partial charge in [-0.3, -0.25) is 9.59 Å². The van der Waals surface area contributed by atoms with Crippen molar-refractivity contribution in [1.82, 2.24) is 19.6 Å². The summed E-state index contributed by atoms with van der Waals surface area (Å²) in [4.78, 5) is 32.0. The number of carbonyl (C=O) groups is 2. The predicted octanol–water partition coefficient (Wildman–Crippen LogP) is 3.04. The number of hydrogen-bond acceptors (Lipinski definition) is 5. The molecule has 0 atom stereocenters. The Kier molecular flexibility index (Phi) is 5.16. The van der Waals surface area contributed by atoms with Gasteiger partial charge in [0.05, 0.1) is 5.69 Å². The number of aryl methyl sites for hydroxylation is 1. The van der Waals surface area contributed by atoms with Crippen LogP contribution < -0.4 is 5.32 Å². The molecular formula is C21H23N5O3. The zero-order valence-electron chi connectivity index (χ0n) is 16.5. The van der Waals surface area contributed by atoms with E-state index in [2.05, 4.69) is 15.5 Å². The first-order valence-electron chi connectivity index (χ1n) is 9.66. The van der Waals surface area contributed by atoms with Crippen LogP contribution in [-0.2, 0) is 19.5 Å². The van der Waals surface area contributed by atoms with Crippen LogP contribution in [0, 0.1) is 6.92 Å². The highest BCUT2D eigenvalue weighted by molar-refractivity contribution is 6.04. The van der Waals surface area contributed by atoms with Crippen LogP contribution in [0.5, 0.6) is 0 Å². The van der Waals surface area contributed by atoms with Gasteiger partial charge in [0.1, 0.15) is 5.76 Å². The smallest absolute Gasteiger partial charge is 0.289 e. The first-order chi connectivity index (χ1) is 14.0. The number of benzene rings is 1. The Bertz CT molecular complexity index is 1040. The Morgan fingerprint density at radius 3 is 2.76 bits per heavy atom. The largest absolute Gasteiger partial charge is 0.360 e. The van der Waals surface area contributed by atoms with Gasteiger partial charge in [-0.15, -0.1) is 0 Å². The Morgan fingerprint density at radius 2 is 2.03 bits per heavy atom. The van der Waals surface area contributed by atoms with Gasteiger partial charge < -0.3 is 19.3 Å². The third-order valence-corrected chi connectivity index (χ3v) is 5.00. The first-order valence-corrected chi connectivity index (χ1v) is 9.66. The van der Waals surface area contributed by atoms with Gasteiger partial charge in [-0.05, 0) is 31.7 Å². The van der Waals surface area contributed by atoms with Crippen molar-refractivity contribution >= 4 is 17.6 Å². The Hall–Kier alpha value is -3.42. The zero-order valence-corrected chi connectivity index (χ0v) is 16.5. The van der Waals surface area contributed by atoms with E-state index in [0.717, 1.165) is 24.1 Å². The molecule has 0 unspecified atom stereocenters. The van der Waals surface area contributed by atoms with E-state index in [9.17, 15) is 9.59 Å². The second kappa shape index (κ2) is 7.90. The molecule has 0 aliphatic carbocycles. The van der Waals surface area contributed by atoms with E-state index in [1.54, 1.807) is 24.9 Å². The normalized spacial score (nSPS) is 13.0. The molecule has 1 aliphatic heterocycles. The highest BCUT2D eigenvalue weighted by Gasteiger charge is 2.29. The third kappa shape index (κ3) is 3.91. The van der Waals surface area contributed by atoms with E-state index in [4.69, 9.17) is 4.52 Å². The molecule has 3 heterocycles. The summed E-state index contributed by atoms with van der Waals surface area (Å²) in [5.74, 6) is 0.659. The molecule has 2 amide bonds. The summed E-state index contributed by atoms with van der Waals surface area (Å²) in [6.07, 6.45) is 2.63. The summed E-state index contributed by atoms with van der Waals surface area (Å²) in [7, 11) is 1.75. The van der Waals surface area contributed by atoms with E-state index >= 15 is 0 Å². The van der Waals surface area contributed by atoms with Crippen LogP contribution >= 0.6 is 0 Å². The lowest BCUT2D eigenvalue weighted by Gasteiger charge is -2.20. The zero-order chi connectivity index (χ0) is 20.4. The number of anilines is 1. The Morgan fingerprint density at radius 1 is 1.24 bits per heavy atom. The van der Waals surface area contributed by atoms with E-state index < -0.39 is 0 Å². The molecule has 1 aliphatic rings. The number of nitrogens with one attached hydrogen (secondary N) is 1. The number of nitrogens with zero attached hydrogens (tertiary/aromatic N) is 4. The second-order valence-electron chi connectivity index (χ2n) is 7.26. The fourth-order valence-corrected chi connectivity index (χ4v) is 3.59. The van der Waals surface area contributed by atoms with Crippen molar-refractivity contribution in [2.24, 2.45) is 0 Å². The molecule has 0 fully saturated rings. The SMILES string of the molecule is Cc1cc(NC(=O)c2nc(C(=O)N(C)Cc3ccccc3)n3c2CCCC3)no1. The van der Waals surface area contributed by atoms with Gasteiger partial charge in [0.15, 0.2) is 17.3 Å². The minimum Gasteiger partial charge on any atom is -0.360 e. The van der Waals surface area contributed by atoms with Crippen molar-refractivity contribution in [2.75, 3.05) is 12.4 Å². The highest BCUT2D eigenvalue weighted by Crippen LogP contribution is 2.23. The summed E-state index contributed by atoms with van der Waals surface area (Å²) in [6, 6.07) is 11.4. The molecule has 0 saturated carbocycles. The maximum Gasteiger partial charge on any atom is 0.289 e. The molecule has 1 N–H and O–H groups in total. The summed E-state index contributed by atoms with van der Waals surface area (Å²) >= 11 is 0. The van der Waals surface area contributed by atoms with Crippen LogP contribution in [0.1, 0.15) is 51.0 Å². The van der Waals surface area contributed by atoms with Crippen LogP contribution in [0.2, 0.25) is 0 Å². The van der Waals surface area contributed by atoms with Crippen LogP contribution in [0.25, 0.3) is 0 Å². The van der Waals surface area contributed by atoms with Crippen molar-refractivity contribution in [3.63, 3.8) is 0 Å². The number of amides is 2. The van der Waals surface area contributed by atoms with E-state index in [-0.39, 0.29) is 17.5 Å². The number of rotatable bonds is 5. The molecule has 8 nitrogen and oxygen atoms in total. The summed E-state index contributed by atoms with van der Waals surface area (Å²) in [6.45, 7) is 2.90. The van der Waals surface area contributed by atoms with Crippen LogP contribution in [0.3, 0.4) is 0 Å². The average Bonchev–Trinajstić information content (AvgIpc) is 3.31. The Balaban J connectivity index is 1.60. The number of carbonyl (C=O) groups excluding carboxylic acids is 2. The third-order valence-electron chi connectivity index (χ3n) is 5.00. The second-order valence-corrected chi connectivity index (χ2v) is 7.26. The molecule has 8 heteroatoms. The lowest BCUT2D eigenvalue weighted by molar-refractivity contribution is 0.0766. The van der Waals surface area contributed by atoms with Crippen LogP contribution in [0.4, 0.5) is 5.82 Å². The van der Waals surface area contributed by atoms with Crippen molar-refractivity contribution in [3.8, 4) is 0 Å². The number of imidazole rings is 1. The number of aromatic nitrogens is 3. The summed E-state index contributed by atoms with van der Waals surface area (Å²) < 4.78 is 6.88. The van der Waals surface area contributed by atoms with Gasteiger partial charge in [0.25, 0.3) is 11.8 Å². The van der Waals surface area contributed by atoms with Gasteiger partial charge in [0, 0.05) is 26.2 Å². The molecule has 150 valence electrons. The average molecular weight is 393 g/mol. The fourth-order valence-electron chi connectivity index (χ4n) is 3.59. The lowest BCUT2D eigenvalue weighted by atomic mass is 10.1. The molecule has 0 spiro atoms.